The number of sulfonamides is 1. The first-order chi connectivity index (χ1) is 9.29. The number of nitrogens with one attached hydrogen (secondary N) is 1. The molecule has 106 valence electrons. The topological polar surface area (TPSA) is 72.2 Å². The van der Waals surface area contributed by atoms with E-state index in [1.165, 1.54) is 12.1 Å². The number of hydrogen-bond acceptors (Lipinski definition) is 3. The molecule has 0 unspecified atom stereocenters. The zero-order valence-corrected chi connectivity index (χ0v) is 12.0. The molecule has 6 heteroatoms. The first-order valence-corrected chi connectivity index (χ1v) is 7.43. The standard InChI is InChI=1S/C14H15FN2O2S/c1-9-6-11(15)8-12(7-9)17-20(18,19)14-5-3-4-13(16)10(14)2/h3-8,17H,16H2,1-2H3. The van der Waals surface area contributed by atoms with Gasteiger partial charge in [0.25, 0.3) is 10.0 Å². The van der Waals surface area contributed by atoms with E-state index in [2.05, 4.69) is 4.72 Å². The molecule has 0 bridgehead atoms. The molecule has 2 rings (SSSR count). The van der Waals surface area contributed by atoms with Crippen LogP contribution in [0.25, 0.3) is 0 Å². The third kappa shape index (κ3) is 2.91. The smallest absolute Gasteiger partial charge is 0.262 e. The lowest BCUT2D eigenvalue weighted by atomic mass is 10.2. The fourth-order valence-corrected chi connectivity index (χ4v) is 3.24. The molecule has 0 aliphatic carbocycles. The van der Waals surface area contributed by atoms with Crippen molar-refractivity contribution in [1.82, 2.24) is 0 Å². The lowest BCUT2D eigenvalue weighted by Gasteiger charge is -2.12. The van der Waals surface area contributed by atoms with Crippen molar-refractivity contribution in [3.8, 4) is 0 Å². The van der Waals surface area contributed by atoms with E-state index in [1.807, 2.05) is 0 Å². The Hall–Kier alpha value is -2.08. The van der Waals surface area contributed by atoms with Crippen LogP contribution in [-0.2, 0) is 10.0 Å². The van der Waals surface area contributed by atoms with Crippen molar-refractivity contribution < 1.29 is 12.8 Å². The molecule has 20 heavy (non-hydrogen) atoms. The van der Waals surface area contributed by atoms with E-state index in [9.17, 15) is 12.8 Å². The van der Waals surface area contributed by atoms with Crippen LogP contribution in [0.4, 0.5) is 15.8 Å². The molecule has 0 radical (unpaired) electrons. The summed E-state index contributed by atoms with van der Waals surface area (Å²) >= 11 is 0. The van der Waals surface area contributed by atoms with Gasteiger partial charge in [-0.2, -0.15) is 0 Å². The van der Waals surface area contributed by atoms with Crippen LogP contribution in [-0.4, -0.2) is 8.42 Å². The summed E-state index contributed by atoms with van der Waals surface area (Å²) in [6, 6.07) is 8.66. The molecule has 2 aromatic carbocycles. The van der Waals surface area contributed by atoms with Crippen molar-refractivity contribution in [2.75, 3.05) is 10.5 Å². The van der Waals surface area contributed by atoms with Crippen molar-refractivity contribution in [3.05, 3.63) is 53.3 Å². The van der Waals surface area contributed by atoms with Gasteiger partial charge in [-0.15, -0.1) is 0 Å². The highest BCUT2D eigenvalue weighted by Gasteiger charge is 2.18. The van der Waals surface area contributed by atoms with Crippen molar-refractivity contribution in [2.24, 2.45) is 0 Å². The van der Waals surface area contributed by atoms with Crippen molar-refractivity contribution in [2.45, 2.75) is 18.7 Å². The van der Waals surface area contributed by atoms with Gasteiger partial charge >= 0.3 is 0 Å². The van der Waals surface area contributed by atoms with Gasteiger partial charge in [-0.3, -0.25) is 4.72 Å². The van der Waals surface area contributed by atoms with E-state index in [0.717, 1.165) is 6.07 Å². The fraction of sp³-hybridized carbons (Fsp3) is 0.143. The molecule has 2 aromatic rings. The molecule has 0 saturated heterocycles. The first kappa shape index (κ1) is 14.3. The van der Waals surface area contributed by atoms with Gasteiger partial charge in [-0.25, -0.2) is 12.8 Å². The molecular formula is C14H15FN2O2S. The highest BCUT2D eigenvalue weighted by molar-refractivity contribution is 7.92. The predicted molar refractivity (Wildman–Crippen MR) is 77.5 cm³/mol. The summed E-state index contributed by atoms with van der Waals surface area (Å²) in [6.07, 6.45) is 0. The van der Waals surface area contributed by atoms with Crippen LogP contribution in [0, 0.1) is 19.7 Å². The lowest BCUT2D eigenvalue weighted by molar-refractivity contribution is 0.600. The number of rotatable bonds is 3. The average molecular weight is 294 g/mol. The zero-order valence-electron chi connectivity index (χ0n) is 11.1. The Balaban J connectivity index is 2.43. The second kappa shape index (κ2) is 5.13. The average Bonchev–Trinajstić information content (AvgIpc) is 2.30. The Labute approximate surface area is 117 Å². The van der Waals surface area contributed by atoms with Gasteiger partial charge in [0.1, 0.15) is 5.82 Å². The molecule has 0 aliphatic heterocycles. The van der Waals surface area contributed by atoms with Crippen molar-refractivity contribution in [3.63, 3.8) is 0 Å². The van der Waals surface area contributed by atoms with Gasteiger partial charge in [-0.1, -0.05) is 6.07 Å². The van der Waals surface area contributed by atoms with Gasteiger partial charge < -0.3 is 5.73 Å². The van der Waals surface area contributed by atoms with Gasteiger partial charge in [0, 0.05) is 5.69 Å². The minimum Gasteiger partial charge on any atom is -0.398 e. The maximum atomic E-state index is 13.3. The number of anilines is 2. The molecule has 0 aliphatic rings. The number of hydrogen-bond donors (Lipinski definition) is 2. The summed E-state index contributed by atoms with van der Waals surface area (Å²) in [5.74, 6) is -0.494. The number of benzene rings is 2. The second-order valence-electron chi connectivity index (χ2n) is 4.59. The Bertz CT molecular complexity index is 738. The number of halogens is 1. The van der Waals surface area contributed by atoms with E-state index in [1.54, 1.807) is 32.0 Å². The number of nitrogen functional groups attached to an aromatic ring is 1. The van der Waals surface area contributed by atoms with Gasteiger partial charge in [0.05, 0.1) is 10.6 Å². The van der Waals surface area contributed by atoms with E-state index < -0.39 is 15.8 Å². The molecule has 0 amide bonds. The normalized spacial score (nSPS) is 11.3. The quantitative estimate of drug-likeness (QED) is 0.855. The second-order valence-corrected chi connectivity index (χ2v) is 6.24. The van der Waals surface area contributed by atoms with E-state index >= 15 is 0 Å². The summed E-state index contributed by atoms with van der Waals surface area (Å²) in [6.45, 7) is 3.31. The summed E-state index contributed by atoms with van der Waals surface area (Å²) in [4.78, 5) is 0.0828. The molecule has 3 N–H and O–H groups in total. The maximum Gasteiger partial charge on any atom is 0.262 e. The number of aryl methyl sites for hydroxylation is 1. The Morgan fingerprint density at radius 2 is 1.85 bits per heavy atom. The third-order valence-corrected chi connectivity index (χ3v) is 4.44. The molecule has 0 heterocycles. The molecule has 0 fully saturated rings. The first-order valence-electron chi connectivity index (χ1n) is 5.95. The lowest BCUT2D eigenvalue weighted by Crippen LogP contribution is -2.15. The van der Waals surface area contributed by atoms with Crippen LogP contribution in [0.15, 0.2) is 41.3 Å². The van der Waals surface area contributed by atoms with Crippen LogP contribution < -0.4 is 10.5 Å². The third-order valence-electron chi connectivity index (χ3n) is 2.91. The summed E-state index contributed by atoms with van der Waals surface area (Å²) in [7, 11) is -3.80. The van der Waals surface area contributed by atoms with Crippen molar-refractivity contribution in [1.29, 1.82) is 0 Å². The monoisotopic (exact) mass is 294 g/mol. The SMILES string of the molecule is Cc1cc(F)cc(NS(=O)(=O)c2cccc(N)c2C)c1. The maximum absolute atomic E-state index is 13.3. The molecule has 4 nitrogen and oxygen atoms in total. The minimum atomic E-state index is -3.80. The highest BCUT2D eigenvalue weighted by Crippen LogP contribution is 2.23. The molecule has 0 atom stereocenters. The van der Waals surface area contributed by atoms with Gasteiger partial charge in [0.15, 0.2) is 0 Å². The van der Waals surface area contributed by atoms with Crippen LogP contribution in [0.3, 0.4) is 0 Å². The van der Waals surface area contributed by atoms with E-state index in [-0.39, 0.29) is 10.6 Å². The van der Waals surface area contributed by atoms with Crippen LogP contribution in [0.2, 0.25) is 0 Å². The minimum absolute atomic E-state index is 0.0828. The Morgan fingerprint density at radius 3 is 2.50 bits per heavy atom. The van der Waals surface area contributed by atoms with Gasteiger partial charge in [-0.05, 0) is 55.3 Å². The van der Waals surface area contributed by atoms with E-state index in [4.69, 9.17) is 5.73 Å². The zero-order chi connectivity index (χ0) is 14.9. The highest BCUT2D eigenvalue weighted by atomic mass is 32.2. The number of nitrogens with two attached hydrogens (primary N) is 1. The predicted octanol–water partition coefficient (Wildman–Crippen LogP) is 2.83. The molecule has 0 saturated carbocycles. The Kier molecular flexibility index (Phi) is 3.67. The van der Waals surface area contributed by atoms with Crippen molar-refractivity contribution >= 4 is 21.4 Å². The molecule has 0 spiro atoms. The largest absolute Gasteiger partial charge is 0.398 e. The summed E-state index contributed by atoms with van der Waals surface area (Å²) in [5, 5.41) is 0. The van der Waals surface area contributed by atoms with E-state index in [0.29, 0.717) is 16.8 Å². The molecule has 0 aromatic heterocycles. The van der Waals surface area contributed by atoms with Crippen LogP contribution in [0.1, 0.15) is 11.1 Å². The van der Waals surface area contributed by atoms with Gasteiger partial charge in [0.2, 0.25) is 0 Å². The van der Waals surface area contributed by atoms with Crippen LogP contribution >= 0.6 is 0 Å². The molecular weight excluding hydrogens is 279 g/mol. The summed E-state index contributed by atoms with van der Waals surface area (Å²) < 4.78 is 40.3. The van der Waals surface area contributed by atoms with Crippen LogP contribution in [0.5, 0.6) is 0 Å². The Morgan fingerprint density at radius 1 is 1.15 bits per heavy atom. The fourth-order valence-electron chi connectivity index (χ4n) is 1.93. The summed E-state index contributed by atoms with van der Waals surface area (Å²) in [5.41, 5.74) is 7.38.